The number of rotatable bonds is 4. The molecule has 0 heterocycles. The van der Waals surface area contributed by atoms with Crippen LogP contribution in [0.15, 0.2) is 36.0 Å². The maximum absolute atomic E-state index is 8.36. The van der Waals surface area contributed by atoms with E-state index in [1.165, 1.54) is 5.57 Å². The molecule has 0 rings (SSSR count). The average Bonchev–Trinajstić information content (AvgIpc) is 2.05. The molecule has 0 N–H and O–H groups in total. The first-order valence-corrected chi connectivity index (χ1v) is 4.04. The zero-order chi connectivity index (χ0) is 9.40. The van der Waals surface area contributed by atoms with E-state index in [4.69, 9.17) is 5.26 Å². The SMILES string of the molecule is C=C/C(=C\C=C(C)C)CCC#N. The molecular formula is C11H15N. The van der Waals surface area contributed by atoms with Crippen LogP contribution >= 0.6 is 0 Å². The Kier molecular flexibility index (Phi) is 5.73. The van der Waals surface area contributed by atoms with E-state index in [2.05, 4.69) is 12.6 Å². The molecule has 0 amide bonds. The molecule has 0 unspecified atom stereocenters. The van der Waals surface area contributed by atoms with Crippen molar-refractivity contribution in [1.82, 2.24) is 0 Å². The van der Waals surface area contributed by atoms with Gasteiger partial charge in [-0.05, 0) is 25.8 Å². The summed E-state index contributed by atoms with van der Waals surface area (Å²) in [6.45, 7) is 7.77. The first-order chi connectivity index (χ1) is 5.70. The van der Waals surface area contributed by atoms with Crippen LogP contribution in [0, 0.1) is 11.3 Å². The third kappa shape index (κ3) is 5.49. The van der Waals surface area contributed by atoms with Gasteiger partial charge in [-0.25, -0.2) is 0 Å². The van der Waals surface area contributed by atoms with Crippen molar-refractivity contribution in [2.75, 3.05) is 0 Å². The summed E-state index contributed by atoms with van der Waals surface area (Å²) in [4.78, 5) is 0. The Morgan fingerprint density at radius 1 is 1.42 bits per heavy atom. The van der Waals surface area contributed by atoms with Gasteiger partial charge in [-0.3, -0.25) is 0 Å². The van der Waals surface area contributed by atoms with Gasteiger partial charge in [-0.15, -0.1) is 0 Å². The molecule has 0 saturated carbocycles. The summed E-state index contributed by atoms with van der Waals surface area (Å²) in [5.74, 6) is 0. The van der Waals surface area contributed by atoms with Crippen molar-refractivity contribution in [3.05, 3.63) is 36.0 Å². The maximum Gasteiger partial charge on any atom is 0.0625 e. The third-order valence-electron chi connectivity index (χ3n) is 1.42. The molecule has 0 spiro atoms. The average molecular weight is 161 g/mol. The van der Waals surface area contributed by atoms with Crippen LogP contribution in [0.2, 0.25) is 0 Å². The number of hydrogen-bond acceptors (Lipinski definition) is 1. The van der Waals surface area contributed by atoms with Gasteiger partial charge in [0.25, 0.3) is 0 Å². The lowest BCUT2D eigenvalue weighted by molar-refractivity contribution is 1.02. The predicted molar refractivity (Wildman–Crippen MR) is 52.6 cm³/mol. The first-order valence-electron chi connectivity index (χ1n) is 4.04. The van der Waals surface area contributed by atoms with Crippen LogP contribution in [0.1, 0.15) is 26.7 Å². The summed E-state index contributed by atoms with van der Waals surface area (Å²) in [5, 5.41) is 8.36. The predicted octanol–water partition coefficient (Wildman–Crippen LogP) is 3.37. The Hall–Kier alpha value is -1.29. The molecule has 0 aromatic heterocycles. The number of nitrogens with zero attached hydrogens (tertiary/aromatic N) is 1. The van der Waals surface area contributed by atoms with Crippen molar-refractivity contribution in [2.24, 2.45) is 0 Å². The van der Waals surface area contributed by atoms with Gasteiger partial charge >= 0.3 is 0 Å². The van der Waals surface area contributed by atoms with Crippen molar-refractivity contribution >= 4 is 0 Å². The number of allylic oxidation sites excluding steroid dienone is 5. The van der Waals surface area contributed by atoms with E-state index in [1.807, 2.05) is 26.0 Å². The van der Waals surface area contributed by atoms with E-state index in [0.29, 0.717) is 6.42 Å². The zero-order valence-corrected chi connectivity index (χ0v) is 7.80. The lowest BCUT2D eigenvalue weighted by Gasteiger charge is -1.94. The highest BCUT2D eigenvalue weighted by Crippen LogP contribution is 2.06. The van der Waals surface area contributed by atoms with E-state index in [9.17, 15) is 0 Å². The van der Waals surface area contributed by atoms with Crippen LogP contribution in [-0.2, 0) is 0 Å². The Labute approximate surface area is 74.7 Å². The van der Waals surface area contributed by atoms with Crippen LogP contribution in [0.5, 0.6) is 0 Å². The Morgan fingerprint density at radius 3 is 2.50 bits per heavy atom. The van der Waals surface area contributed by atoms with Gasteiger partial charge < -0.3 is 0 Å². The second-order valence-electron chi connectivity index (χ2n) is 2.85. The van der Waals surface area contributed by atoms with Crippen molar-refractivity contribution in [3.8, 4) is 6.07 Å². The highest BCUT2D eigenvalue weighted by atomic mass is 14.2. The second kappa shape index (κ2) is 6.42. The molecule has 12 heavy (non-hydrogen) atoms. The highest BCUT2D eigenvalue weighted by Gasteiger charge is 1.88. The van der Waals surface area contributed by atoms with Gasteiger partial charge in [0.2, 0.25) is 0 Å². The fourth-order valence-corrected chi connectivity index (χ4v) is 0.727. The molecule has 0 aromatic carbocycles. The molecule has 0 aromatic rings. The number of nitriles is 1. The van der Waals surface area contributed by atoms with Crippen molar-refractivity contribution in [1.29, 1.82) is 5.26 Å². The van der Waals surface area contributed by atoms with Gasteiger partial charge in [-0.1, -0.05) is 30.4 Å². The molecular weight excluding hydrogens is 146 g/mol. The smallest absolute Gasteiger partial charge is 0.0625 e. The monoisotopic (exact) mass is 161 g/mol. The van der Waals surface area contributed by atoms with Crippen molar-refractivity contribution < 1.29 is 0 Å². The standard InChI is InChI=1S/C11H15N/c1-4-11(6-5-9-12)8-7-10(2)3/h4,7-8H,1,5-6H2,2-3H3/b11-8+. The van der Waals surface area contributed by atoms with E-state index in [-0.39, 0.29) is 0 Å². The van der Waals surface area contributed by atoms with E-state index < -0.39 is 0 Å². The van der Waals surface area contributed by atoms with Gasteiger partial charge in [-0.2, -0.15) is 5.26 Å². The van der Waals surface area contributed by atoms with E-state index >= 15 is 0 Å². The quantitative estimate of drug-likeness (QED) is 0.580. The van der Waals surface area contributed by atoms with Gasteiger partial charge in [0.05, 0.1) is 6.07 Å². The van der Waals surface area contributed by atoms with Crippen LogP contribution in [0.3, 0.4) is 0 Å². The van der Waals surface area contributed by atoms with Crippen molar-refractivity contribution in [3.63, 3.8) is 0 Å². The Morgan fingerprint density at radius 2 is 2.08 bits per heavy atom. The van der Waals surface area contributed by atoms with Crippen LogP contribution in [0.4, 0.5) is 0 Å². The Balaban J connectivity index is 4.16. The minimum absolute atomic E-state index is 0.564. The van der Waals surface area contributed by atoms with E-state index in [1.54, 1.807) is 6.08 Å². The molecule has 0 bridgehead atoms. The molecule has 64 valence electrons. The molecule has 0 aliphatic carbocycles. The normalized spacial score (nSPS) is 10.2. The van der Waals surface area contributed by atoms with Gasteiger partial charge in [0.1, 0.15) is 0 Å². The minimum Gasteiger partial charge on any atom is -0.198 e. The molecule has 0 aliphatic heterocycles. The summed E-state index contributed by atoms with van der Waals surface area (Å²) in [5.41, 5.74) is 2.38. The lowest BCUT2D eigenvalue weighted by Crippen LogP contribution is -1.76. The van der Waals surface area contributed by atoms with Crippen LogP contribution < -0.4 is 0 Å². The second-order valence-corrected chi connectivity index (χ2v) is 2.85. The largest absolute Gasteiger partial charge is 0.198 e. The Bertz CT molecular complexity index is 234. The van der Waals surface area contributed by atoms with Crippen molar-refractivity contribution in [2.45, 2.75) is 26.7 Å². The lowest BCUT2D eigenvalue weighted by atomic mass is 10.1. The molecule has 0 aliphatic rings. The van der Waals surface area contributed by atoms with Gasteiger partial charge in [0, 0.05) is 6.42 Å². The van der Waals surface area contributed by atoms with Crippen LogP contribution in [0.25, 0.3) is 0 Å². The molecule has 0 fully saturated rings. The molecule has 0 atom stereocenters. The summed E-state index contributed by atoms with van der Waals surface area (Å²) in [6, 6.07) is 2.11. The fourth-order valence-electron chi connectivity index (χ4n) is 0.727. The molecule has 1 nitrogen and oxygen atoms in total. The fraction of sp³-hybridized carbons (Fsp3) is 0.364. The molecule has 0 saturated heterocycles. The third-order valence-corrected chi connectivity index (χ3v) is 1.42. The summed E-state index contributed by atoms with van der Waals surface area (Å²) in [7, 11) is 0. The summed E-state index contributed by atoms with van der Waals surface area (Å²) < 4.78 is 0. The van der Waals surface area contributed by atoms with E-state index in [0.717, 1.165) is 12.0 Å². The minimum atomic E-state index is 0.564. The van der Waals surface area contributed by atoms with Gasteiger partial charge in [0.15, 0.2) is 0 Å². The summed E-state index contributed by atoms with van der Waals surface area (Å²) in [6.07, 6.45) is 7.21. The zero-order valence-electron chi connectivity index (χ0n) is 7.80. The molecule has 1 heteroatoms. The topological polar surface area (TPSA) is 23.8 Å². The number of hydrogen-bond donors (Lipinski definition) is 0. The first kappa shape index (κ1) is 10.7. The summed E-state index contributed by atoms with van der Waals surface area (Å²) >= 11 is 0. The highest BCUT2D eigenvalue weighted by molar-refractivity contribution is 5.24. The van der Waals surface area contributed by atoms with Crippen LogP contribution in [-0.4, -0.2) is 0 Å². The maximum atomic E-state index is 8.36. The molecule has 0 radical (unpaired) electrons.